The lowest BCUT2D eigenvalue weighted by atomic mass is 9.80. The Labute approximate surface area is 341 Å². The Kier molecular flexibility index (Phi) is 9.83. The Balaban J connectivity index is 0.813. The summed E-state index contributed by atoms with van der Waals surface area (Å²) in [5, 5.41) is 16.0. The second-order valence-electron chi connectivity index (χ2n) is 16.0. The molecule has 4 saturated heterocycles. The van der Waals surface area contributed by atoms with Gasteiger partial charge in [0, 0.05) is 75.9 Å². The van der Waals surface area contributed by atoms with Crippen molar-refractivity contribution in [2.45, 2.75) is 24.2 Å². The van der Waals surface area contributed by atoms with Crippen LogP contribution in [-0.2, 0) is 26.1 Å². The molecule has 59 heavy (non-hydrogen) atoms. The summed E-state index contributed by atoms with van der Waals surface area (Å²) in [6.07, 6.45) is -0.703. The maximum absolute atomic E-state index is 14.1. The minimum absolute atomic E-state index is 0.00159. The van der Waals surface area contributed by atoms with Gasteiger partial charge in [-0.1, -0.05) is 42.5 Å². The van der Waals surface area contributed by atoms with Crippen LogP contribution in [0.4, 0.5) is 0 Å². The third-order valence-electron chi connectivity index (χ3n) is 12.3. The average Bonchev–Trinajstić information content (AvgIpc) is 3.55. The molecule has 1 radical (unpaired) electrons. The summed E-state index contributed by atoms with van der Waals surface area (Å²) in [4.78, 5) is 60.5. The van der Waals surface area contributed by atoms with E-state index in [2.05, 4.69) is 29.4 Å². The van der Waals surface area contributed by atoms with Crippen LogP contribution >= 0.6 is 0 Å². The summed E-state index contributed by atoms with van der Waals surface area (Å²) in [7, 11) is 1.94. The molecule has 2 atom stereocenters. The van der Waals surface area contributed by atoms with Crippen molar-refractivity contribution in [1.29, 1.82) is 0 Å². The number of carbonyl (C=O) groups is 4. The van der Waals surface area contributed by atoms with E-state index in [4.69, 9.17) is 15.2 Å². The number of aryl methyl sites for hydroxylation is 2. The summed E-state index contributed by atoms with van der Waals surface area (Å²) < 4.78 is 12.9. The van der Waals surface area contributed by atoms with Crippen molar-refractivity contribution >= 4 is 34.5 Å². The zero-order chi connectivity index (χ0) is 41.1. The molecule has 4 aliphatic rings. The first-order chi connectivity index (χ1) is 28.4. The summed E-state index contributed by atoms with van der Waals surface area (Å²) in [5.41, 5.74) is 11.7. The molecule has 303 valence electrons. The number of carbonyl (C=O) groups excluding carboxylic acids is 4. The van der Waals surface area contributed by atoms with Crippen LogP contribution in [0.3, 0.4) is 0 Å². The van der Waals surface area contributed by atoms with Gasteiger partial charge in [0.15, 0.2) is 5.60 Å². The van der Waals surface area contributed by atoms with Crippen LogP contribution in [0.2, 0.25) is 0 Å². The molecule has 0 aliphatic carbocycles. The van der Waals surface area contributed by atoms with E-state index in [0.29, 0.717) is 63.5 Å². The summed E-state index contributed by atoms with van der Waals surface area (Å²) in [5.74, 6) is -0.800. The van der Waals surface area contributed by atoms with Gasteiger partial charge >= 0.3 is 0 Å². The summed E-state index contributed by atoms with van der Waals surface area (Å²) in [6.45, 7) is 4.92. The molecule has 14 nitrogen and oxygen atoms in total. The first kappa shape index (κ1) is 38.6. The molecule has 9 rings (SSSR count). The van der Waals surface area contributed by atoms with Gasteiger partial charge in [0.05, 0.1) is 31.0 Å². The van der Waals surface area contributed by atoms with Gasteiger partial charge in [0.2, 0.25) is 5.91 Å². The number of aliphatic hydroxyl groups is 1. The lowest BCUT2D eigenvalue weighted by Gasteiger charge is -2.48. The number of amides is 4. The van der Waals surface area contributed by atoms with Gasteiger partial charge < -0.3 is 39.9 Å². The van der Waals surface area contributed by atoms with Crippen molar-refractivity contribution in [3.8, 4) is 22.3 Å². The van der Waals surface area contributed by atoms with Gasteiger partial charge in [-0.3, -0.25) is 23.9 Å². The highest BCUT2D eigenvalue weighted by atomic mass is 16.5. The predicted octanol–water partition coefficient (Wildman–Crippen LogP) is 2.82. The molecule has 3 N–H and O–H groups in total. The van der Waals surface area contributed by atoms with Crippen LogP contribution in [0.25, 0.3) is 33.2 Å². The monoisotopic (exact) mass is 796 g/mol. The number of fused-ring (bicyclic) bond motifs is 1. The molecule has 4 amide bonds. The molecule has 5 heterocycles. The van der Waals surface area contributed by atoms with Crippen LogP contribution in [0.15, 0.2) is 84.9 Å². The molecule has 4 fully saturated rings. The van der Waals surface area contributed by atoms with Crippen molar-refractivity contribution in [2.75, 3.05) is 72.2 Å². The number of aromatic nitrogens is 2. The van der Waals surface area contributed by atoms with Crippen LogP contribution in [-0.4, -0.2) is 141 Å². The number of rotatable bonds is 7. The molecule has 2 unspecified atom stereocenters. The predicted molar refractivity (Wildman–Crippen MR) is 218 cm³/mol. The van der Waals surface area contributed by atoms with Crippen molar-refractivity contribution in [2.24, 2.45) is 12.8 Å². The van der Waals surface area contributed by atoms with Gasteiger partial charge in [0.1, 0.15) is 11.6 Å². The smallest absolute Gasteiger partial charge is 0.259 e. The Morgan fingerprint density at radius 1 is 0.729 bits per heavy atom. The van der Waals surface area contributed by atoms with Gasteiger partial charge in [-0.25, -0.2) is 0 Å². The maximum Gasteiger partial charge on any atom is 0.259 e. The van der Waals surface area contributed by atoms with Crippen LogP contribution < -0.4 is 5.73 Å². The molecule has 4 aromatic carbocycles. The molecule has 14 heteroatoms. The van der Waals surface area contributed by atoms with E-state index >= 15 is 0 Å². The first-order valence-corrected chi connectivity index (χ1v) is 20.0. The molecule has 4 aliphatic heterocycles. The number of benzene rings is 4. The summed E-state index contributed by atoms with van der Waals surface area (Å²) in [6, 6.07) is 29.7. The van der Waals surface area contributed by atoms with Crippen molar-refractivity contribution in [3.05, 3.63) is 113 Å². The van der Waals surface area contributed by atoms with Crippen molar-refractivity contribution < 1.29 is 33.8 Å². The normalized spacial score (nSPS) is 21.5. The van der Waals surface area contributed by atoms with Crippen molar-refractivity contribution in [3.63, 3.8) is 0 Å². The SMILES string of the molecule is Cc1nn(C)c2ccc(-c3ccc(C(=O)N4CCN(C(=O)C5(N)COC5c5cc[c]cc5-c5ccc(C(=O)N6CCN(C(=O)C7(O)COC7)CC6)cc5)CC4)cc3)cc12. The second kappa shape index (κ2) is 15.0. The molecular weight excluding hydrogens is 751 g/mol. The zero-order valence-electron chi connectivity index (χ0n) is 33.1. The number of piperazine rings is 2. The highest BCUT2D eigenvalue weighted by Gasteiger charge is 2.55. The number of nitrogens with two attached hydrogens (primary N) is 1. The highest BCUT2D eigenvalue weighted by Crippen LogP contribution is 2.43. The lowest BCUT2D eigenvalue weighted by molar-refractivity contribution is -0.201. The number of hydrogen-bond donors (Lipinski definition) is 2. The fraction of sp³-hybridized carbons (Fsp3) is 0.356. The van der Waals surface area contributed by atoms with E-state index in [-0.39, 0.29) is 43.4 Å². The van der Waals surface area contributed by atoms with E-state index in [1.165, 1.54) is 0 Å². The van der Waals surface area contributed by atoms with E-state index in [1.54, 1.807) is 37.8 Å². The Hall–Kier alpha value is -5.93. The quantitative estimate of drug-likeness (QED) is 0.252. The van der Waals surface area contributed by atoms with E-state index in [9.17, 15) is 24.3 Å². The second-order valence-corrected chi connectivity index (χ2v) is 16.0. The Morgan fingerprint density at radius 2 is 1.27 bits per heavy atom. The van der Waals surface area contributed by atoms with Crippen LogP contribution in [0.1, 0.15) is 38.1 Å². The van der Waals surface area contributed by atoms with Crippen LogP contribution in [0, 0.1) is 13.0 Å². The van der Waals surface area contributed by atoms with Gasteiger partial charge in [-0.05, 0) is 83.3 Å². The maximum atomic E-state index is 14.1. The minimum Gasteiger partial charge on any atom is -0.376 e. The molecular formula is C45H46N7O7. The van der Waals surface area contributed by atoms with Gasteiger partial charge in [-0.15, -0.1) is 0 Å². The van der Waals surface area contributed by atoms with Gasteiger partial charge in [0.25, 0.3) is 17.7 Å². The molecule has 1 aromatic heterocycles. The molecule has 5 aromatic rings. The van der Waals surface area contributed by atoms with Gasteiger partial charge in [-0.2, -0.15) is 5.10 Å². The van der Waals surface area contributed by atoms with E-state index < -0.39 is 17.2 Å². The van der Waals surface area contributed by atoms with E-state index in [0.717, 1.165) is 44.4 Å². The largest absolute Gasteiger partial charge is 0.376 e. The third kappa shape index (κ3) is 6.85. The summed E-state index contributed by atoms with van der Waals surface area (Å²) >= 11 is 0. The van der Waals surface area contributed by atoms with E-state index in [1.807, 2.05) is 67.2 Å². The number of nitrogens with zero attached hydrogens (tertiary/aromatic N) is 6. The number of hydrogen-bond acceptors (Lipinski definition) is 9. The topological polar surface area (TPSA) is 164 Å². The lowest BCUT2D eigenvalue weighted by Crippen LogP contribution is -2.70. The third-order valence-corrected chi connectivity index (χ3v) is 12.3. The molecule has 0 bridgehead atoms. The Bertz CT molecular complexity index is 2450. The standard InChI is InChI=1S/C45H46N7O7/c1-29-37-25-34(15-16-38(37)48(2)47-29)30-7-11-32(12-8-30)40(53)50-19-23-52(24-20-50)43(56)45(46)28-59-39(45)36-6-4-3-5-35(36)31-9-13-33(14-10-31)41(54)49-17-21-51(22-18-49)42(55)44(57)26-58-27-44/h4-16,25,39,57H,17-24,26-28,46H2,1-2H3. The molecule has 0 saturated carbocycles. The van der Waals surface area contributed by atoms with Crippen molar-refractivity contribution in [1.82, 2.24) is 29.4 Å². The molecule has 0 spiro atoms. The Morgan fingerprint density at radius 3 is 1.81 bits per heavy atom. The zero-order valence-corrected chi connectivity index (χ0v) is 33.1. The minimum atomic E-state index is -1.46. The number of ether oxygens (including phenoxy) is 2. The average molecular weight is 797 g/mol. The first-order valence-electron chi connectivity index (χ1n) is 20.0. The van der Waals surface area contributed by atoms with Crippen LogP contribution in [0.5, 0.6) is 0 Å². The highest BCUT2D eigenvalue weighted by molar-refractivity contribution is 5.97. The fourth-order valence-electron chi connectivity index (χ4n) is 8.62. The fourth-order valence-corrected chi connectivity index (χ4v) is 8.62.